The van der Waals surface area contributed by atoms with Crippen molar-refractivity contribution < 1.29 is 22.7 Å². The lowest BCUT2D eigenvalue weighted by Gasteiger charge is -2.27. The first-order valence-electron chi connectivity index (χ1n) is 5.42. The number of hydrogen-bond donors (Lipinski definition) is 2. The summed E-state index contributed by atoms with van der Waals surface area (Å²) >= 11 is 0. The van der Waals surface area contributed by atoms with E-state index in [0.29, 0.717) is 13.2 Å². The summed E-state index contributed by atoms with van der Waals surface area (Å²) in [4.78, 5) is 11.4. The van der Waals surface area contributed by atoms with Crippen molar-refractivity contribution in [2.45, 2.75) is 38.0 Å². The van der Waals surface area contributed by atoms with Gasteiger partial charge in [0.2, 0.25) is 5.91 Å². The molecule has 0 spiro atoms. The van der Waals surface area contributed by atoms with Crippen molar-refractivity contribution in [1.82, 2.24) is 10.6 Å². The van der Waals surface area contributed by atoms with E-state index in [1.807, 2.05) is 12.2 Å². The molecule has 0 saturated carbocycles. The molecule has 0 aromatic rings. The first kappa shape index (κ1) is 14.2. The number of ether oxygens (including phenoxy) is 1. The Morgan fingerprint density at radius 3 is 2.65 bits per heavy atom. The standard InChI is InChI=1S/C10H17F3N2O2/c1-7(8(16)14-5-10(11,12)13)15-9(2)3-4-17-6-9/h7,15H,3-6H2,1-2H3,(H,14,16). The van der Waals surface area contributed by atoms with Crippen molar-refractivity contribution in [2.24, 2.45) is 0 Å². The van der Waals surface area contributed by atoms with Crippen molar-refractivity contribution in [1.29, 1.82) is 0 Å². The lowest BCUT2D eigenvalue weighted by atomic mass is 10.0. The van der Waals surface area contributed by atoms with E-state index in [4.69, 9.17) is 4.74 Å². The summed E-state index contributed by atoms with van der Waals surface area (Å²) in [6, 6.07) is -0.677. The number of rotatable bonds is 4. The topological polar surface area (TPSA) is 50.4 Å². The second kappa shape index (κ2) is 5.22. The third kappa shape index (κ3) is 4.91. The van der Waals surface area contributed by atoms with Crippen molar-refractivity contribution >= 4 is 5.91 Å². The van der Waals surface area contributed by atoms with Gasteiger partial charge in [0.15, 0.2) is 0 Å². The molecule has 2 unspecified atom stereocenters. The Bertz CT molecular complexity index is 275. The van der Waals surface area contributed by atoms with Crippen LogP contribution in [0.3, 0.4) is 0 Å². The van der Waals surface area contributed by atoms with Crippen molar-refractivity contribution in [2.75, 3.05) is 19.8 Å². The molecule has 0 radical (unpaired) electrons. The quantitative estimate of drug-likeness (QED) is 0.781. The van der Waals surface area contributed by atoms with Crippen LogP contribution in [-0.2, 0) is 9.53 Å². The zero-order valence-electron chi connectivity index (χ0n) is 9.86. The molecular weight excluding hydrogens is 237 g/mol. The highest BCUT2D eigenvalue weighted by Gasteiger charge is 2.33. The molecule has 2 N–H and O–H groups in total. The molecule has 1 aliphatic rings. The maximum absolute atomic E-state index is 11.9. The van der Waals surface area contributed by atoms with Gasteiger partial charge in [0.1, 0.15) is 6.54 Å². The Morgan fingerprint density at radius 1 is 1.53 bits per heavy atom. The van der Waals surface area contributed by atoms with Crippen LogP contribution in [0.1, 0.15) is 20.3 Å². The molecule has 0 aromatic carbocycles. The largest absolute Gasteiger partial charge is 0.405 e. The molecular formula is C10H17F3N2O2. The van der Waals surface area contributed by atoms with Gasteiger partial charge >= 0.3 is 6.18 Å². The molecule has 0 aliphatic carbocycles. The molecule has 1 amide bonds. The maximum atomic E-state index is 11.9. The van der Waals surface area contributed by atoms with Crippen LogP contribution in [0.2, 0.25) is 0 Å². The van der Waals surface area contributed by atoms with E-state index < -0.39 is 24.7 Å². The molecule has 7 heteroatoms. The van der Waals surface area contributed by atoms with Gasteiger partial charge in [0.25, 0.3) is 0 Å². The predicted octanol–water partition coefficient (Wildman–Crippen LogP) is 0.822. The summed E-state index contributed by atoms with van der Waals surface area (Å²) in [6.45, 7) is 3.18. The van der Waals surface area contributed by atoms with Crippen molar-refractivity contribution in [3.63, 3.8) is 0 Å². The van der Waals surface area contributed by atoms with Crippen LogP contribution in [0.25, 0.3) is 0 Å². The summed E-state index contributed by atoms with van der Waals surface area (Å²) in [5.74, 6) is -0.657. The second-order valence-corrected chi connectivity index (χ2v) is 4.56. The summed E-state index contributed by atoms with van der Waals surface area (Å²) in [6.07, 6.45) is -3.64. The minimum absolute atomic E-state index is 0.338. The van der Waals surface area contributed by atoms with Gasteiger partial charge in [-0.2, -0.15) is 13.2 Å². The average molecular weight is 254 g/mol. The molecule has 100 valence electrons. The van der Waals surface area contributed by atoms with Gasteiger partial charge < -0.3 is 10.1 Å². The number of amides is 1. The highest BCUT2D eigenvalue weighted by Crippen LogP contribution is 2.18. The van der Waals surface area contributed by atoms with Gasteiger partial charge in [-0.3, -0.25) is 10.1 Å². The number of carbonyl (C=O) groups excluding carboxylic acids is 1. The SMILES string of the molecule is CC(NC1(C)CCOC1)C(=O)NCC(F)(F)F. The average Bonchev–Trinajstić information content (AvgIpc) is 2.60. The van der Waals surface area contributed by atoms with Gasteiger partial charge in [-0.25, -0.2) is 0 Å². The van der Waals surface area contributed by atoms with E-state index >= 15 is 0 Å². The summed E-state index contributed by atoms with van der Waals surface area (Å²) in [5.41, 5.74) is -0.338. The highest BCUT2D eigenvalue weighted by atomic mass is 19.4. The molecule has 0 bridgehead atoms. The fraction of sp³-hybridized carbons (Fsp3) is 0.900. The number of nitrogens with one attached hydrogen (secondary N) is 2. The highest BCUT2D eigenvalue weighted by molar-refractivity contribution is 5.81. The Morgan fingerprint density at radius 2 is 2.18 bits per heavy atom. The van der Waals surface area contributed by atoms with Gasteiger partial charge in [-0.1, -0.05) is 0 Å². The number of alkyl halides is 3. The first-order valence-corrected chi connectivity index (χ1v) is 5.42. The van der Waals surface area contributed by atoms with Gasteiger partial charge in [-0.15, -0.1) is 0 Å². The van der Waals surface area contributed by atoms with E-state index in [0.717, 1.165) is 6.42 Å². The molecule has 2 atom stereocenters. The van der Waals surface area contributed by atoms with Crippen molar-refractivity contribution in [3.05, 3.63) is 0 Å². The smallest absolute Gasteiger partial charge is 0.379 e. The monoisotopic (exact) mass is 254 g/mol. The van der Waals surface area contributed by atoms with Gasteiger partial charge in [0.05, 0.1) is 12.6 Å². The van der Waals surface area contributed by atoms with Crippen LogP contribution in [0.5, 0.6) is 0 Å². The third-order valence-corrected chi connectivity index (χ3v) is 2.64. The predicted molar refractivity (Wildman–Crippen MR) is 55.5 cm³/mol. The third-order valence-electron chi connectivity index (χ3n) is 2.64. The van der Waals surface area contributed by atoms with Crippen LogP contribution in [-0.4, -0.2) is 43.4 Å². The van der Waals surface area contributed by atoms with E-state index in [9.17, 15) is 18.0 Å². The molecule has 17 heavy (non-hydrogen) atoms. The minimum Gasteiger partial charge on any atom is -0.379 e. The maximum Gasteiger partial charge on any atom is 0.405 e. The van der Waals surface area contributed by atoms with E-state index in [-0.39, 0.29) is 5.54 Å². The number of halogens is 3. The normalized spacial score (nSPS) is 26.9. The molecule has 0 aromatic heterocycles. The van der Waals surface area contributed by atoms with Crippen molar-refractivity contribution in [3.8, 4) is 0 Å². The van der Waals surface area contributed by atoms with Gasteiger partial charge in [-0.05, 0) is 20.3 Å². The molecule has 4 nitrogen and oxygen atoms in total. The summed E-state index contributed by atoms with van der Waals surface area (Å²) < 4.78 is 40.9. The molecule has 1 fully saturated rings. The molecule has 1 heterocycles. The minimum atomic E-state index is -4.38. The van der Waals surface area contributed by atoms with Crippen LogP contribution < -0.4 is 10.6 Å². The van der Waals surface area contributed by atoms with Crippen LogP contribution >= 0.6 is 0 Å². The Labute approximate surface area is 97.9 Å². The van der Waals surface area contributed by atoms with Crippen LogP contribution in [0.15, 0.2) is 0 Å². The zero-order valence-corrected chi connectivity index (χ0v) is 9.86. The Hall–Kier alpha value is -0.820. The Kier molecular flexibility index (Phi) is 4.37. The summed E-state index contributed by atoms with van der Waals surface area (Å²) in [7, 11) is 0. The Balaban J connectivity index is 2.36. The second-order valence-electron chi connectivity index (χ2n) is 4.56. The molecule has 1 aliphatic heterocycles. The zero-order chi connectivity index (χ0) is 13.1. The van der Waals surface area contributed by atoms with E-state index in [1.165, 1.54) is 6.92 Å². The van der Waals surface area contributed by atoms with E-state index in [1.54, 1.807) is 0 Å². The lowest BCUT2D eigenvalue weighted by molar-refractivity contribution is -0.139. The van der Waals surface area contributed by atoms with E-state index in [2.05, 4.69) is 5.32 Å². The number of carbonyl (C=O) groups is 1. The fourth-order valence-corrected chi connectivity index (χ4v) is 1.71. The van der Waals surface area contributed by atoms with Crippen LogP contribution in [0, 0.1) is 0 Å². The molecule has 1 saturated heterocycles. The molecule has 1 rings (SSSR count). The van der Waals surface area contributed by atoms with Crippen LogP contribution in [0.4, 0.5) is 13.2 Å². The first-order chi connectivity index (χ1) is 7.72. The number of hydrogen-bond acceptors (Lipinski definition) is 3. The lowest BCUT2D eigenvalue weighted by Crippen LogP contribution is -2.54. The fourth-order valence-electron chi connectivity index (χ4n) is 1.71. The van der Waals surface area contributed by atoms with Gasteiger partial charge in [0, 0.05) is 12.1 Å². The summed E-state index contributed by atoms with van der Waals surface area (Å²) in [5, 5.41) is 4.83.